The number of alkyl halides is 3. The molecule has 0 aliphatic carbocycles. The van der Waals surface area contributed by atoms with Crippen molar-refractivity contribution in [3.63, 3.8) is 0 Å². The van der Waals surface area contributed by atoms with Gasteiger partial charge in [0.1, 0.15) is 23.9 Å². The Labute approximate surface area is 193 Å². The summed E-state index contributed by atoms with van der Waals surface area (Å²) in [7, 11) is -3.53. The average molecular weight is 557 g/mol. The first kappa shape index (κ1) is 25.9. The first-order chi connectivity index (χ1) is 14.8. The second-order valence-corrected chi connectivity index (χ2v) is 9.65. The lowest BCUT2D eigenvalue weighted by Crippen LogP contribution is -2.23. The van der Waals surface area contributed by atoms with E-state index in [1.165, 1.54) is 36.0 Å². The largest absolute Gasteiger partial charge is 0.453 e. The van der Waals surface area contributed by atoms with E-state index in [9.17, 15) is 26.4 Å². The summed E-state index contributed by atoms with van der Waals surface area (Å²) in [5.41, 5.74) is 3.30. The molecule has 0 aliphatic heterocycles. The molecule has 2 rings (SSSR count). The molecule has 0 amide bonds. The zero-order chi connectivity index (χ0) is 24.1. The minimum absolute atomic E-state index is 0.0254. The van der Waals surface area contributed by atoms with E-state index in [4.69, 9.17) is 14.9 Å². The molecule has 2 N–H and O–H groups in total. The Kier molecular flexibility index (Phi) is 8.47. The smallest absolute Gasteiger partial charge is 0.431 e. The summed E-state index contributed by atoms with van der Waals surface area (Å²) in [5.74, 6) is -1.44. The third kappa shape index (κ3) is 6.80. The fourth-order valence-corrected chi connectivity index (χ4v) is 3.53. The van der Waals surface area contributed by atoms with Crippen LogP contribution in [-0.2, 0) is 19.4 Å². The number of hydrogen-bond donors (Lipinski definition) is 1. The summed E-state index contributed by atoms with van der Waals surface area (Å²) in [6, 6.07) is 5.52. The van der Waals surface area contributed by atoms with E-state index >= 15 is 0 Å². The number of halogens is 4. The second-order valence-electron chi connectivity index (χ2n) is 6.03. The van der Waals surface area contributed by atoms with Crippen LogP contribution in [0.15, 0.2) is 48.7 Å². The standard InChI is InChI=1S/C17H16BrF3N4O5S2/c1-31-8-29-11(26)7-23-13(12(18)14(22)17(19,20)21)16-25-24-15(30-16)9-4-3-5-10(6-9)32(2,27)28/h3-6H,7-8,22H2,1-2H3. The van der Waals surface area contributed by atoms with Gasteiger partial charge < -0.3 is 14.9 Å². The lowest BCUT2D eigenvalue weighted by molar-refractivity contribution is -0.139. The summed E-state index contributed by atoms with van der Waals surface area (Å²) >= 11 is 3.95. The van der Waals surface area contributed by atoms with Crippen LogP contribution in [0, 0.1) is 0 Å². The molecule has 15 heteroatoms. The molecule has 0 radical (unpaired) electrons. The number of carbonyl (C=O) groups is 1. The number of sulfone groups is 1. The average Bonchev–Trinajstić information content (AvgIpc) is 3.20. The van der Waals surface area contributed by atoms with Gasteiger partial charge in [-0.05, 0) is 40.4 Å². The summed E-state index contributed by atoms with van der Waals surface area (Å²) in [5, 5.41) is 7.40. The number of rotatable bonds is 8. The minimum atomic E-state index is -4.91. The molecule has 0 saturated carbocycles. The number of aromatic nitrogens is 2. The number of allylic oxidation sites excluding steroid dienone is 2. The fraction of sp³-hybridized carbons (Fsp3) is 0.294. The number of benzene rings is 1. The van der Waals surface area contributed by atoms with Crippen LogP contribution in [0.25, 0.3) is 11.5 Å². The maximum Gasteiger partial charge on any atom is 0.431 e. The van der Waals surface area contributed by atoms with E-state index in [2.05, 4.69) is 31.1 Å². The normalized spacial score (nSPS) is 13.6. The Morgan fingerprint density at radius 3 is 2.62 bits per heavy atom. The molecule has 0 unspecified atom stereocenters. The first-order valence-electron chi connectivity index (χ1n) is 8.40. The number of nitrogens with zero attached hydrogens (tertiary/aromatic N) is 3. The van der Waals surface area contributed by atoms with Crippen LogP contribution in [0.2, 0.25) is 0 Å². The third-order valence-corrected chi connectivity index (χ3v) is 5.86. The summed E-state index contributed by atoms with van der Waals surface area (Å²) < 4.78 is 72.2. The van der Waals surface area contributed by atoms with Crippen molar-refractivity contribution in [1.82, 2.24) is 10.2 Å². The van der Waals surface area contributed by atoms with Crippen LogP contribution in [0.1, 0.15) is 5.89 Å². The predicted molar refractivity (Wildman–Crippen MR) is 115 cm³/mol. The SMILES string of the molecule is CSCOC(=O)CN=C(C(Br)=C(N)C(F)(F)F)c1nnc(-c2cccc(S(C)(=O)=O)c2)o1. The van der Waals surface area contributed by atoms with Crippen molar-refractivity contribution in [2.24, 2.45) is 10.7 Å². The van der Waals surface area contributed by atoms with Gasteiger partial charge in [-0.1, -0.05) is 6.07 Å². The maximum atomic E-state index is 13.1. The molecule has 1 heterocycles. The van der Waals surface area contributed by atoms with Gasteiger partial charge >= 0.3 is 12.1 Å². The van der Waals surface area contributed by atoms with Gasteiger partial charge in [0.05, 0.1) is 9.38 Å². The maximum absolute atomic E-state index is 13.1. The minimum Gasteiger partial charge on any atom is -0.453 e. The predicted octanol–water partition coefficient (Wildman–Crippen LogP) is 2.92. The summed E-state index contributed by atoms with van der Waals surface area (Å²) in [6.45, 7) is -0.641. The van der Waals surface area contributed by atoms with E-state index in [-0.39, 0.29) is 22.3 Å². The van der Waals surface area contributed by atoms with E-state index < -0.39 is 50.3 Å². The highest BCUT2D eigenvalue weighted by Crippen LogP contribution is 2.30. The van der Waals surface area contributed by atoms with Crippen molar-refractivity contribution in [3.05, 3.63) is 40.3 Å². The Bertz CT molecular complexity index is 1160. The van der Waals surface area contributed by atoms with Crippen molar-refractivity contribution < 1.29 is 35.5 Å². The van der Waals surface area contributed by atoms with Gasteiger partial charge in [-0.25, -0.2) is 8.42 Å². The summed E-state index contributed by atoms with van der Waals surface area (Å²) in [4.78, 5) is 15.5. The first-order valence-corrected chi connectivity index (χ1v) is 12.5. The Hall–Kier alpha value is -2.39. The zero-order valence-electron chi connectivity index (χ0n) is 16.5. The number of carbonyl (C=O) groups excluding carboxylic acids is 1. The van der Waals surface area contributed by atoms with Crippen molar-refractivity contribution in [2.75, 3.05) is 25.0 Å². The molecule has 0 atom stereocenters. The highest BCUT2D eigenvalue weighted by molar-refractivity contribution is 9.12. The number of thioether (sulfide) groups is 1. The van der Waals surface area contributed by atoms with Crippen molar-refractivity contribution in [1.29, 1.82) is 0 Å². The molecule has 0 saturated heterocycles. The monoisotopic (exact) mass is 556 g/mol. The Morgan fingerprint density at radius 2 is 2.03 bits per heavy atom. The van der Waals surface area contributed by atoms with E-state index in [0.717, 1.165) is 6.26 Å². The van der Waals surface area contributed by atoms with Crippen LogP contribution < -0.4 is 5.73 Å². The number of hydrogen-bond acceptors (Lipinski definition) is 10. The highest BCUT2D eigenvalue weighted by atomic mass is 79.9. The molecule has 0 fully saturated rings. The Balaban J connectivity index is 2.50. The molecule has 32 heavy (non-hydrogen) atoms. The van der Waals surface area contributed by atoms with Crippen LogP contribution in [0.5, 0.6) is 0 Å². The van der Waals surface area contributed by atoms with Crippen LogP contribution in [-0.4, -0.2) is 61.5 Å². The lowest BCUT2D eigenvalue weighted by Gasteiger charge is -2.10. The topological polar surface area (TPSA) is 138 Å². The number of aliphatic imine (C=N–C) groups is 1. The van der Waals surface area contributed by atoms with Crippen LogP contribution in [0.3, 0.4) is 0 Å². The quantitative estimate of drug-likeness (QED) is 0.295. The van der Waals surface area contributed by atoms with E-state index in [1.54, 1.807) is 6.26 Å². The van der Waals surface area contributed by atoms with Crippen LogP contribution in [0.4, 0.5) is 13.2 Å². The molecule has 0 spiro atoms. The van der Waals surface area contributed by atoms with Crippen molar-refractivity contribution in [3.8, 4) is 11.5 Å². The van der Waals surface area contributed by atoms with Gasteiger partial charge in [-0.15, -0.1) is 22.0 Å². The van der Waals surface area contributed by atoms with Gasteiger partial charge in [0.25, 0.3) is 5.89 Å². The molecule has 1 aromatic heterocycles. The van der Waals surface area contributed by atoms with Gasteiger partial charge in [-0.3, -0.25) is 9.79 Å². The molecule has 174 valence electrons. The van der Waals surface area contributed by atoms with Crippen molar-refractivity contribution in [2.45, 2.75) is 11.1 Å². The molecule has 1 aromatic carbocycles. The zero-order valence-corrected chi connectivity index (χ0v) is 19.7. The molecule has 2 aromatic rings. The van der Waals surface area contributed by atoms with Gasteiger partial charge in [0.15, 0.2) is 9.84 Å². The molecular formula is C17H16BrF3N4O5S2. The molecule has 0 bridgehead atoms. The van der Waals surface area contributed by atoms with E-state index in [1.807, 2.05) is 0 Å². The molecule has 9 nitrogen and oxygen atoms in total. The molecule has 0 aliphatic rings. The highest BCUT2D eigenvalue weighted by Gasteiger charge is 2.36. The van der Waals surface area contributed by atoms with Crippen molar-refractivity contribution >= 4 is 49.2 Å². The fourth-order valence-electron chi connectivity index (χ4n) is 2.09. The second kappa shape index (κ2) is 10.5. The van der Waals surface area contributed by atoms with Gasteiger partial charge in [0, 0.05) is 11.8 Å². The molecular weight excluding hydrogens is 541 g/mol. The number of esters is 1. The van der Waals surface area contributed by atoms with Gasteiger partial charge in [0.2, 0.25) is 5.89 Å². The van der Waals surface area contributed by atoms with E-state index in [0.29, 0.717) is 0 Å². The van der Waals surface area contributed by atoms with Crippen LogP contribution >= 0.6 is 27.7 Å². The summed E-state index contributed by atoms with van der Waals surface area (Å²) in [6.07, 6.45) is -2.22. The third-order valence-electron chi connectivity index (χ3n) is 3.59. The Morgan fingerprint density at radius 1 is 1.34 bits per heavy atom. The number of nitrogens with two attached hydrogens (primary N) is 1. The lowest BCUT2D eigenvalue weighted by atomic mass is 10.2. The van der Waals surface area contributed by atoms with Gasteiger partial charge in [-0.2, -0.15) is 13.2 Å². The number of ether oxygens (including phenoxy) is 1.